The minimum absolute atomic E-state index is 0.0176. The van der Waals surface area contributed by atoms with E-state index in [-0.39, 0.29) is 35.2 Å². The van der Waals surface area contributed by atoms with Gasteiger partial charge < -0.3 is 14.2 Å². The van der Waals surface area contributed by atoms with Crippen molar-refractivity contribution < 1.29 is 32.9 Å². The van der Waals surface area contributed by atoms with Crippen LogP contribution in [0, 0.1) is 22.0 Å². The highest BCUT2D eigenvalue weighted by molar-refractivity contribution is 8.17. The lowest BCUT2D eigenvalue weighted by Crippen LogP contribution is -2.61. The molecule has 35 heavy (non-hydrogen) atoms. The number of benzene rings is 1. The molecule has 0 N–H and O–H groups in total. The fraction of sp³-hybridized carbons (Fsp3) is 0.565. The number of nitro groups is 1. The quantitative estimate of drug-likeness (QED) is 0.125. The van der Waals surface area contributed by atoms with Crippen LogP contribution in [0.1, 0.15) is 38.7 Å². The second-order valence-corrected chi connectivity index (χ2v) is 11.2. The summed E-state index contributed by atoms with van der Waals surface area (Å²) >= 11 is 1.27. The summed E-state index contributed by atoms with van der Waals surface area (Å²) in [6.45, 7) is 3.67. The predicted molar refractivity (Wildman–Crippen MR) is 131 cm³/mol. The number of non-ortho nitro benzene ring substituents is 1. The fourth-order valence-corrected chi connectivity index (χ4v) is 7.31. The lowest BCUT2D eigenvalue weighted by Gasteiger charge is -2.47. The van der Waals surface area contributed by atoms with Crippen LogP contribution in [0.5, 0.6) is 0 Å². The lowest BCUT2D eigenvalue weighted by molar-refractivity contribution is -0.384. The molecule has 1 amide bonds. The van der Waals surface area contributed by atoms with Crippen LogP contribution in [-0.2, 0) is 41.2 Å². The molecule has 0 spiro atoms. The maximum Gasteiger partial charge on any atom is 0.357 e. The van der Waals surface area contributed by atoms with Gasteiger partial charge in [-0.2, -0.15) is 0 Å². The van der Waals surface area contributed by atoms with E-state index in [1.54, 1.807) is 6.92 Å². The molecular formula is C23H30N2O8S2. The van der Waals surface area contributed by atoms with E-state index in [0.717, 1.165) is 19.3 Å². The van der Waals surface area contributed by atoms with Crippen molar-refractivity contribution in [2.24, 2.45) is 11.8 Å². The molecule has 3 rings (SSSR count). The third kappa shape index (κ3) is 5.60. The van der Waals surface area contributed by atoms with Gasteiger partial charge in [0.1, 0.15) is 16.2 Å². The third-order valence-corrected chi connectivity index (χ3v) is 9.22. The zero-order valence-electron chi connectivity index (χ0n) is 20.1. The number of nitro benzene ring substituents is 1. The highest BCUT2D eigenvalue weighted by atomic mass is 32.2. The van der Waals surface area contributed by atoms with Crippen LogP contribution in [0.25, 0.3) is 0 Å². The Morgan fingerprint density at radius 3 is 2.43 bits per heavy atom. The summed E-state index contributed by atoms with van der Waals surface area (Å²) in [4.78, 5) is 38.1. The smallest absolute Gasteiger partial charge is 0.357 e. The Kier molecular flexibility index (Phi) is 9.45. The topological polar surface area (TPSA) is 125 Å². The number of thioether (sulfide) groups is 1. The van der Waals surface area contributed by atoms with Gasteiger partial charge in [0.05, 0.1) is 21.6 Å². The van der Waals surface area contributed by atoms with Crippen molar-refractivity contribution in [2.45, 2.75) is 51.4 Å². The number of rotatable bonds is 13. The van der Waals surface area contributed by atoms with Gasteiger partial charge >= 0.3 is 5.97 Å². The van der Waals surface area contributed by atoms with Crippen LogP contribution >= 0.6 is 11.8 Å². The van der Waals surface area contributed by atoms with Crippen molar-refractivity contribution >= 4 is 40.1 Å². The summed E-state index contributed by atoms with van der Waals surface area (Å²) in [6, 6.07) is 5.64. The van der Waals surface area contributed by atoms with E-state index in [1.165, 1.54) is 55.1 Å². The number of unbranched alkanes of at least 4 members (excludes halogenated alkanes) is 1. The molecule has 1 fully saturated rings. The number of methoxy groups -OCH3 is 2. The van der Waals surface area contributed by atoms with Crippen molar-refractivity contribution in [1.82, 2.24) is 4.90 Å². The number of carbonyl (C=O) groups is 2. The first kappa shape index (κ1) is 27.3. The van der Waals surface area contributed by atoms with Gasteiger partial charge in [-0.3, -0.25) is 24.0 Å². The molecular weight excluding hydrogens is 496 g/mol. The second-order valence-electron chi connectivity index (χ2n) is 8.16. The molecule has 0 aliphatic carbocycles. The average molecular weight is 527 g/mol. The Morgan fingerprint density at radius 1 is 1.23 bits per heavy atom. The van der Waals surface area contributed by atoms with Gasteiger partial charge in [-0.15, -0.1) is 0 Å². The summed E-state index contributed by atoms with van der Waals surface area (Å²) in [6.07, 6.45) is 1.98. The number of esters is 1. The van der Waals surface area contributed by atoms with E-state index in [4.69, 9.17) is 14.2 Å². The summed E-state index contributed by atoms with van der Waals surface area (Å²) in [5, 5.41) is 10.4. The van der Waals surface area contributed by atoms with Gasteiger partial charge in [-0.05, 0) is 24.1 Å². The first-order valence-corrected chi connectivity index (χ1v) is 13.6. The molecule has 12 heteroatoms. The van der Waals surface area contributed by atoms with Crippen LogP contribution in [0.2, 0.25) is 0 Å². The number of fused-ring (bicyclic) bond motifs is 1. The monoisotopic (exact) mass is 526 g/mol. The van der Waals surface area contributed by atoms with E-state index in [1.807, 2.05) is 0 Å². The molecule has 0 bridgehead atoms. The molecule has 0 saturated carbocycles. The number of hydrogen-bond acceptors (Lipinski definition) is 9. The Bertz CT molecular complexity index is 1010. The number of β-lactam (4-membered cyclic amide) rings is 1. The van der Waals surface area contributed by atoms with Gasteiger partial charge in [-0.1, -0.05) is 38.5 Å². The fourth-order valence-electron chi connectivity index (χ4n) is 4.28. The molecule has 10 nitrogen and oxygen atoms in total. The maximum atomic E-state index is 13.3. The Balaban J connectivity index is 1.80. The average Bonchev–Trinajstić information content (AvgIpc) is 3.21. The summed E-state index contributed by atoms with van der Waals surface area (Å²) in [7, 11) is 1.61. The Hall–Kier alpha value is -2.28. The highest BCUT2D eigenvalue weighted by Gasteiger charge is 2.60. The molecule has 1 unspecified atom stereocenters. The number of hydrogen-bond donors (Lipinski definition) is 0. The third-order valence-electron chi connectivity index (χ3n) is 6.09. The van der Waals surface area contributed by atoms with Crippen LogP contribution in [0.15, 0.2) is 34.2 Å². The molecule has 0 aromatic heterocycles. The molecule has 2 aliphatic heterocycles. The maximum absolute atomic E-state index is 13.3. The van der Waals surface area contributed by atoms with Gasteiger partial charge in [-0.25, -0.2) is 4.79 Å². The Labute approximate surface area is 211 Å². The lowest BCUT2D eigenvalue weighted by atomic mass is 9.80. The molecule has 1 aromatic carbocycles. The number of carbonyl (C=O) groups excluding carboxylic acids is 2. The van der Waals surface area contributed by atoms with Crippen LogP contribution in [-0.4, -0.2) is 57.5 Å². The number of ether oxygens (including phenoxy) is 3. The van der Waals surface area contributed by atoms with E-state index >= 15 is 0 Å². The van der Waals surface area contributed by atoms with Gasteiger partial charge in [0.2, 0.25) is 5.91 Å². The van der Waals surface area contributed by atoms with Gasteiger partial charge in [0, 0.05) is 38.0 Å². The molecule has 2 aliphatic rings. The molecule has 1 aromatic rings. The van der Waals surface area contributed by atoms with E-state index in [2.05, 4.69) is 6.92 Å². The standard InChI is InChI=1S/C23H30N2O8S2/c1-5-7-8-16(22(31-3)32-4)17-19(26)24-18(23(34-20(17)24)35(30)6-2)21(27)33-13-14-9-11-15(12-10-14)25(28)29/h9-12,16-17,20,22H,5-8,13H2,1-4H3/t16-,17+,20-,35?/m1/s1. The molecule has 2 heterocycles. The zero-order chi connectivity index (χ0) is 25.7. The molecule has 1 saturated heterocycles. The van der Waals surface area contributed by atoms with Crippen molar-refractivity contribution in [3.8, 4) is 0 Å². The summed E-state index contributed by atoms with van der Waals surface area (Å²) in [5.41, 5.74) is 0.503. The predicted octanol–water partition coefficient (Wildman–Crippen LogP) is 3.53. The molecule has 4 atom stereocenters. The van der Waals surface area contributed by atoms with Gasteiger partial charge in [0.25, 0.3) is 5.69 Å². The second kappa shape index (κ2) is 12.1. The van der Waals surface area contributed by atoms with Crippen molar-refractivity contribution in [3.05, 3.63) is 49.9 Å². The number of amides is 1. The minimum atomic E-state index is -1.46. The normalized spacial score (nSPS) is 21.1. The minimum Gasteiger partial charge on any atom is -0.456 e. The summed E-state index contributed by atoms with van der Waals surface area (Å²) in [5.74, 6) is -1.35. The van der Waals surface area contributed by atoms with Crippen LogP contribution < -0.4 is 0 Å². The first-order chi connectivity index (χ1) is 16.8. The highest BCUT2D eigenvalue weighted by Crippen LogP contribution is 2.54. The van der Waals surface area contributed by atoms with E-state index in [9.17, 15) is 23.9 Å². The first-order valence-electron chi connectivity index (χ1n) is 11.4. The largest absolute Gasteiger partial charge is 0.456 e. The SMILES string of the molecule is CCCC[C@@H](C(OC)OC)[C@H]1C(=O)N2C(C(=O)OCc3ccc([N+](=O)[O-])cc3)=C(S(=O)CC)S[C@H]12. The van der Waals surface area contributed by atoms with Crippen LogP contribution in [0.4, 0.5) is 5.69 Å². The zero-order valence-corrected chi connectivity index (χ0v) is 21.8. The molecule has 0 radical (unpaired) electrons. The van der Waals surface area contributed by atoms with E-state index < -0.39 is 33.9 Å². The summed E-state index contributed by atoms with van der Waals surface area (Å²) < 4.78 is 29.5. The Morgan fingerprint density at radius 2 is 1.89 bits per heavy atom. The number of nitrogens with zero attached hydrogens (tertiary/aromatic N) is 2. The van der Waals surface area contributed by atoms with Gasteiger partial charge in [0.15, 0.2) is 12.0 Å². The van der Waals surface area contributed by atoms with Crippen molar-refractivity contribution in [1.29, 1.82) is 0 Å². The van der Waals surface area contributed by atoms with Crippen molar-refractivity contribution in [2.75, 3.05) is 20.0 Å². The molecule has 192 valence electrons. The van der Waals surface area contributed by atoms with E-state index in [0.29, 0.717) is 15.6 Å². The van der Waals surface area contributed by atoms with Crippen LogP contribution in [0.3, 0.4) is 0 Å². The van der Waals surface area contributed by atoms with Crippen molar-refractivity contribution in [3.63, 3.8) is 0 Å².